The van der Waals surface area contributed by atoms with Crippen LogP contribution in [0.1, 0.15) is 5.56 Å². The van der Waals surface area contributed by atoms with Gasteiger partial charge in [-0.2, -0.15) is 0 Å². The van der Waals surface area contributed by atoms with Gasteiger partial charge < -0.3 is 14.0 Å². The second-order valence-electron chi connectivity index (χ2n) is 5.33. The Labute approximate surface area is 155 Å². The van der Waals surface area contributed by atoms with Gasteiger partial charge in [-0.25, -0.2) is 13.1 Å². The van der Waals surface area contributed by atoms with Crippen LogP contribution < -0.4 is 14.2 Å². The molecule has 0 aliphatic heterocycles. The molecule has 2 heterocycles. The van der Waals surface area contributed by atoms with Crippen molar-refractivity contribution in [3.8, 4) is 22.1 Å². The van der Waals surface area contributed by atoms with E-state index < -0.39 is 10.0 Å². The minimum atomic E-state index is -3.58. The lowest BCUT2D eigenvalue weighted by atomic mass is 10.1. The number of hydrogen-bond acceptors (Lipinski definition) is 7. The first-order chi connectivity index (χ1) is 12.5. The molecule has 0 fully saturated rings. The van der Waals surface area contributed by atoms with Gasteiger partial charge in [0.1, 0.15) is 4.21 Å². The predicted octanol–water partition coefficient (Wildman–Crippen LogP) is 2.94. The molecule has 2 aromatic heterocycles. The topological polar surface area (TPSA) is 90.7 Å². The number of hydrogen-bond donors (Lipinski definition) is 1. The lowest BCUT2D eigenvalue weighted by Crippen LogP contribution is -2.25. The zero-order chi connectivity index (χ0) is 18.6. The Kier molecular flexibility index (Phi) is 5.60. The molecule has 0 atom stereocenters. The molecule has 26 heavy (non-hydrogen) atoms. The average Bonchev–Trinajstić information content (AvgIpc) is 3.32. The predicted molar refractivity (Wildman–Crippen MR) is 98.3 cm³/mol. The largest absolute Gasteiger partial charge is 0.493 e. The van der Waals surface area contributed by atoms with Gasteiger partial charge in [-0.05, 0) is 36.2 Å². The van der Waals surface area contributed by atoms with Crippen molar-refractivity contribution in [3.05, 3.63) is 48.2 Å². The number of ether oxygens (including phenoxy) is 2. The molecule has 0 bridgehead atoms. The molecule has 0 unspecified atom stereocenters. The van der Waals surface area contributed by atoms with Gasteiger partial charge in [-0.3, -0.25) is 0 Å². The smallest absolute Gasteiger partial charge is 0.250 e. The molecular formula is C17H18N2O5S2. The Hall–Kier alpha value is -2.36. The first-order valence-corrected chi connectivity index (χ1v) is 10.0. The van der Waals surface area contributed by atoms with E-state index in [9.17, 15) is 8.42 Å². The fourth-order valence-corrected chi connectivity index (χ4v) is 4.72. The quantitative estimate of drug-likeness (QED) is 0.632. The van der Waals surface area contributed by atoms with Gasteiger partial charge in [0.15, 0.2) is 17.3 Å². The molecule has 0 saturated heterocycles. The summed E-state index contributed by atoms with van der Waals surface area (Å²) in [5.74, 6) is 1.79. The van der Waals surface area contributed by atoms with Crippen molar-refractivity contribution in [1.82, 2.24) is 9.88 Å². The van der Waals surface area contributed by atoms with Crippen LogP contribution in [0.5, 0.6) is 11.5 Å². The van der Waals surface area contributed by atoms with E-state index in [1.807, 2.05) is 12.1 Å². The summed E-state index contributed by atoms with van der Waals surface area (Å²) in [6.45, 7) is 0.271. The van der Waals surface area contributed by atoms with Crippen LogP contribution >= 0.6 is 11.3 Å². The molecule has 9 heteroatoms. The first kappa shape index (κ1) is 18.4. The van der Waals surface area contributed by atoms with Crippen molar-refractivity contribution in [2.45, 2.75) is 10.6 Å². The number of aromatic nitrogens is 1. The van der Waals surface area contributed by atoms with Crippen LogP contribution in [0.2, 0.25) is 0 Å². The molecule has 1 aromatic carbocycles. The lowest BCUT2D eigenvalue weighted by molar-refractivity contribution is 0.354. The molecule has 3 rings (SSSR count). The monoisotopic (exact) mass is 394 g/mol. The number of methoxy groups -OCH3 is 2. The van der Waals surface area contributed by atoms with Crippen molar-refractivity contribution in [1.29, 1.82) is 0 Å². The van der Waals surface area contributed by atoms with Crippen LogP contribution in [0.3, 0.4) is 0 Å². The summed E-state index contributed by atoms with van der Waals surface area (Å²) < 4.78 is 43.2. The van der Waals surface area contributed by atoms with Crippen molar-refractivity contribution < 1.29 is 22.4 Å². The van der Waals surface area contributed by atoms with E-state index in [2.05, 4.69) is 9.88 Å². The number of nitrogens with one attached hydrogen (secondary N) is 1. The molecule has 0 aliphatic rings. The maximum atomic E-state index is 12.4. The number of rotatable bonds is 8. The van der Waals surface area contributed by atoms with E-state index in [-0.39, 0.29) is 10.8 Å². The van der Waals surface area contributed by atoms with Gasteiger partial charge in [-0.15, -0.1) is 11.3 Å². The summed E-state index contributed by atoms with van der Waals surface area (Å²) in [5, 5.41) is 3.63. The number of sulfonamides is 1. The molecule has 0 amide bonds. The maximum Gasteiger partial charge on any atom is 0.250 e. The molecule has 1 N–H and O–H groups in total. The Balaban J connectivity index is 1.64. The maximum absolute atomic E-state index is 12.4. The second kappa shape index (κ2) is 7.90. The fraction of sp³-hybridized carbons (Fsp3) is 0.235. The molecule has 0 radical (unpaired) electrons. The standard InChI is InChI=1S/C17H18N2O5S2/c1-22-13-4-3-12(11-15(13)23-2)7-10-19-26(20,21)17-6-5-16(25-17)14-8-9-18-24-14/h3-6,8-9,11,19H,7,10H2,1-2H3. The highest BCUT2D eigenvalue weighted by Crippen LogP contribution is 2.30. The Bertz CT molecular complexity index is 965. The normalized spacial score (nSPS) is 11.5. The van der Waals surface area contributed by atoms with Crippen LogP contribution in [0, 0.1) is 0 Å². The lowest BCUT2D eigenvalue weighted by Gasteiger charge is -2.10. The van der Waals surface area contributed by atoms with Crippen LogP contribution in [0.4, 0.5) is 0 Å². The molecular weight excluding hydrogens is 376 g/mol. The third kappa shape index (κ3) is 4.06. The highest BCUT2D eigenvalue weighted by molar-refractivity contribution is 7.91. The summed E-state index contributed by atoms with van der Waals surface area (Å²) in [4.78, 5) is 0.711. The average molecular weight is 394 g/mol. The van der Waals surface area contributed by atoms with E-state index in [1.54, 1.807) is 38.5 Å². The molecule has 138 valence electrons. The second-order valence-corrected chi connectivity index (χ2v) is 8.41. The summed E-state index contributed by atoms with van der Waals surface area (Å²) in [5.41, 5.74) is 0.943. The minimum Gasteiger partial charge on any atom is -0.493 e. The van der Waals surface area contributed by atoms with Gasteiger partial charge in [-0.1, -0.05) is 11.2 Å². The Morgan fingerprint density at radius 3 is 2.62 bits per heavy atom. The fourth-order valence-electron chi connectivity index (χ4n) is 2.38. The van der Waals surface area contributed by atoms with Crippen LogP contribution in [0.25, 0.3) is 10.6 Å². The van der Waals surface area contributed by atoms with Crippen LogP contribution in [0.15, 0.2) is 51.3 Å². The summed E-state index contributed by atoms with van der Waals surface area (Å²) in [6.07, 6.45) is 2.05. The highest BCUT2D eigenvalue weighted by Gasteiger charge is 2.18. The minimum absolute atomic E-state index is 0.233. The van der Waals surface area contributed by atoms with Gasteiger partial charge in [0.2, 0.25) is 10.0 Å². The van der Waals surface area contributed by atoms with Crippen molar-refractivity contribution >= 4 is 21.4 Å². The Morgan fingerprint density at radius 2 is 1.92 bits per heavy atom. The van der Waals surface area contributed by atoms with Crippen LogP contribution in [-0.4, -0.2) is 34.3 Å². The summed E-state index contributed by atoms with van der Waals surface area (Å²) >= 11 is 1.13. The van der Waals surface area contributed by atoms with Crippen LogP contribution in [-0.2, 0) is 16.4 Å². The molecule has 0 aliphatic carbocycles. The third-order valence-corrected chi connectivity index (χ3v) is 6.73. The summed E-state index contributed by atoms with van der Waals surface area (Å²) in [6, 6.07) is 10.5. The van der Waals surface area contributed by atoms with Gasteiger partial charge in [0.25, 0.3) is 0 Å². The zero-order valence-electron chi connectivity index (χ0n) is 14.3. The van der Waals surface area contributed by atoms with Gasteiger partial charge in [0, 0.05) is 12.6 Å². The van der Waals surface area contributed by atoms with Crippen molar-refractivity contribution in [2.24, 2.45) is 0 Å². The van der Waals surface area contributed by atoms with E-state index in [0.717, 1.165) is 16.9 Å². The van der Waals surface area contributed by atoms with Crippen molar-refractivity contribution in [3.63, 3.8) is 0 Å². The van der Waals surface area contributed by atoms with E-state index in [4.69, 9.17) is 14.0 Å². The molecule has 0 saturated carbocycles. The third-order valence-electron chi connectivity index (χ3n) is 3.68. The molecule has 3 aromatic rings. The van der Waals surface area contributed by atoms with E-state index in [1.165, 1.54) is 6.20 Å². The van der Waals surface area contributed by atoms with Gasteiger partial charge in [0.05, 0.1) is 25.3 Å². The van der Waals surface area contributed by atoms with Gasteiger partial charge >= 0.3 is 0 Å². The molecule has 7 nitrogen and oxygen atoms in total. The Morgan fingerprint density at radius 1 is 1.12 bits per heavy atom. The highest BCUT2D eigenvalue weighted by atomic mass is 32.2. The SMILES string of the molecule is COc1ccc(CCNS(=O)(=O)c2ccc(-c3ccno3)s2)cc1OC. The zero-order valence-corrected chi connectivity index (χ0v) is 15.9. The van der Waals surface area contributed by atoms with E-state index >= 15 is 0 Å². The first-order valence-electron chi connectivity index (χ1n) is 7.75. The summed E-state index contributed by atoms with van der Waals surface area (Å²) in [7, 11) is -0.447. The van der Waals surface area contributed by atoms with Crippen molar-refractivity contribution in [2.75, 3.05) is 20.8 Å². The number of benzene rings is 1. The number of thiophene rings is 1. The van der Waals surface area contributed by atoms with E-state index in [0.29, 0.717) is 28.6 Å². The molecule has 0 spiro atoms. The number of nitrogens with zero attached hydrogens (tertiary/aromatic N) is 1.